The molecule has 0 spiro atoms. The van der Waals surface area contributed by atoms with Crippen LogP contribution in [0.3, 0.4) is 0 Å². The fourth-order valence-electron chi connectivity index (χ4n) is 3.05. The number of hydrogen-bond donors (Lipinski definition) is 0. The molecule has 1 aliphatic carbocycles. The van der Waals surface area contributed by atoms with E-state index in [1.165, 1.54) is 43.2 Å². The second-order valence-corrected chi connectivity index (χ2v) is 5.77. The fourth-order valence-corrected chi connectivity index (χ4v) is 3.05. The van der Waals surface area contributed by atoms with Crippen LogP contribution in [-0.4, -0.2) is 6.10 Å². The topological polar surface area (TPSA) is 9.23 Å². The second-order valence-electron chi connectivity index (χ2n) is 5.77. The molecule has 0 amide bonds. The van der Waals surface area contributed by atoms with Gasteiger partial charge in [-0.25, -0.2) is 0 Å². The Hall–Kier alpha value is -1.24. The first kappa shape index (κ1) is 14.2. The molecule has 1 saturated carbocycles. The molecule has 104 valence electrons. The number of ether oxygens (including phenoxy) is 1. The Morgan fingerprint density at radius 1 is 1.11 bits per heavy atom. The van der Waals surface area contributed by atoms with Gasteiger partial charge < -0.3 is 4.74 Å². The largest absolute Gasteiger partial charge is 0.491 e. The molecule has 1 nitrogen and oxygen atoms in total. The molecule has 0 atom stereocenters. The first-order valence-electron chi connectivity index (χ1n) is 7.64. The maximum absolute atomic E-state index is 5.71. The van der Waals surface area contributed by atoms with Crippen molar-refractivity contribution in [3.05, 3.63) is 35.9 Å². The van der Waals surface area contributed by atoms with Crippen molar-refractivity contribution in [2.45, 2.75) is 59.0 Å². The van der Waals surface area contributed by atoms with E-state index in [1.54, 1.807) is 0 Å². The highest BCUT2D eigenvalue weighted by Gasteiger charge is 2.18. The van der Waals surface area contributed by atoms with Crippen LogP contribution < -0.4 is 4.74 Å². The lowest BCUT2D eigenvalue weighted by molar-refractivity contribution is 0.242. The average molecular weight is 258 g/mol. The molecule has 0 aliphatic heterocycles. The first-order chi connectivity index (χ1) is 9.20. The van der Waals surface area contributed by atoms with E-state index in [0.29, 0.717) is 0 Å². The van der Waals surface area contributed by atoms with E-state index in [-0.39, 0.29) is 6.10 Å². The van der Waals surface area contributed by atoms with Gasteiger partial charge in [0.2, 0.25) is 0 Å². The zero-order valence-corrected chi connectivity index (χ0v) is 12.5. The number of allylic oxidation sites excluding steroid dienone is 2. The van der Waals surface area contributed by atoms with Crippen molar-refractivity contribution in [1.82, 2.24) is 0 Å². The summed E-state index contributed by atoms with van der Waals surface area (Å²) < 4.78 is 5.71. The molecule has 1 fully saturated rings. The van der Waals surface area contributed by atoms with Crippen LogP contribution in [0.5, 0.6) is 5.75 Å². The molecule has 1 aromatic rings. The standard InChI is InChI=1S/C18H26O/c1-4-18(15-8-6-5-7-9-15)16-10-12-17(13-11-16)19-14(2)3/h4,10-15H,5-9H2,1-3H3. The molecule has 1 aromatic carbocycles. The Morgan fingerprint density at radius 2 is 1.74 bits per heavy atom. The summed E-state index contributed by atoms with van der Waals surface area (Å²) in [7, 11) is 0. The lowest BCUT2D eigenvalue weighted by atomic mass is 9.81. The van der Waals surface area contributed by atoms with E-state index in [0.717, 1.165) is 11.7 Å². The lowest BCUT2D eigenvalue weighted by Gasteiger charge is -2.25. The normalized spacial score (nSPS) is 17.8. The number of hydrogen-bond acceptors (Lipinski definition) is 1. The van der Waals surface area contributed by atoms with Gasteiger partial charge in [-0.2, -0.15) is 0 Å². The van der Waals surface area contributed by atoms with E-state index >= 15 is 0 Å². The molecule has 0 heterocycles. The molecule has 2 rings (SSSR count). The average Bonchev–Trinajstić information content (AvgIpc) is 2.42. The van der Waals surface area contributed by atoms with Gasteiger partial charge >= 0.3 is 0 Å². The summed E-state index contributed by atoms with van der Waals surface area (Å²) in [5.74, 6) is 1.73. The Labute approximate surface area is 117 Å². The number of benzene rings is 1. The van der Waals surface area contributed by atoms with Gasteiger partial charge in [-0.15, -0.1) is 0 Å². The second kappa shape index (κ2) is 6.79. The van der Waals surface area contributed by atoms with Gasteiger partial charge in [-0.1, -0.05) is 37.5 Å². The van der Waals surface area contributed by atoms with E-state index in [9.17, 15) is 0 Å². The van der Waals surface area contributed by atoms with Gasteiger partial charge in [-0.05, 0) is 62.8 Å². The van der Waals surface area contributed by atoms with Crippen molar-refractivity contribution in [1.29, 1.82) is 0 Å². The predicted molar refractivity (Wildman–Crippen MR) is 82.4 cm³/mol. The zero-order chi connectivity index (χ0) is 13.7. The highest BCUT2D eigenvalue weighted by atomic mass is 16.5. The van der Waals surface area contributed by atoms with Crippen LogP contribution in [0, 0.1) is 5.92 Å². The highest BCUT2D eigenvalue weighted by molar-refractivity contribution is 5.67. The van der Waals surface area contributed by atoms with Crippen LogP contribution in [0.15, 0.2) is 30.3 Å². The predicted octanol–water partition coefficient (Wildman–Crippen LogP) is 5.46. The molecule has 0 aromatic heterocycles. The molecule has 1 aliphatic rings. The fraction of sp³-hybridized carbons (Fsp3) is 0.556. The maximum Gasteiger partial charge on any atom is 0.119 e. The summed E-state index contributed by atoms with van der Waals surface area (Å²) in [6.45, 7) is 6.29. The lowest BCUT2D eigenvalue weighted by Crippen LogP contribution is -2.09. The molecule has 1 heteroatoms. The van der Waals surface area contributed by atoms with Crippen molar-refractivity contribution in [3.63, 3.8) is 0 Å². The maximum atomic E-state index is 5.71. The van der Waals surface area contributed by atoms with Gasteiger partial charge in [0.15, 0.2) is 0 Å². The van der Waals surface area contributed by atoms with Crippen LogP contribution >= 0.6 is 0 Å². The smallest absolute Gasteiger partial charge is 0.119 e. The molecular formula is C18H26O. The minimum Gasteiger partial charge on any atom is -0.491 e. The van der Waals surface area contributed by atoms with Gasteiger partial charge in [0.1, 0.15) is 5.75 Å². The third-order valence-electron chi connectivity index (χ3n) is 3.92. The van der Waals surface area contributed by atoms with E-state index in [1.807, 2.05) is 0 Å². The molecule has 0 N–H and O–H groups in total. The Bertz CT molecular complexity index is 408. The minimum absolute atomic E-state index is 0.241. The van der Waals surface area contributed by atoms with Crippen molar-refractivity contribution in [2.75, 3.05) is 0 Å². The quantitative estimate of drug-likeness (QED) is 0.697. The summed E-state index contributed by atoms with van der Waals surface area (Å²) >= 11 is 0. The summed E-state index contributed by atoms with van der Waals surface area (Å²) in [5.41, 5.74) is 2.89. The molecule has 0 unspecified atom stereocenters. The third-order valence-corrected chi connectivity index (χ3v) is 3.92. The third kappa shape index (κ3) is 3.86. The summed E-state index contributed by atoms with van der Waals surface area (Å²) in [6, 6.07) is 8.62. The summed E-state index contributed by atoms with van der Waals surface area (Å²) in [5, 5.41) is 0. The van der Waals surface area contributed by atoms with Crippen molar-refractivity contribution >= 4 is 5.57 Å². The molecule has 0 bridgehead atoms. The van der Waals surface area contributed by atoms with Gasteiger partial charge in [-0.3, -0.25) is 0 Å². The van der Waals surface area contributed by atoms with E-state index in [4.69, 9.17) is 4.74 Å². The van der Waals surface area contributed by atoms with Crippen LogP contribution in [0.4, 0.5) is 0 Å². The summed E-state index contributed by atoms with van der Waals surface area (Å²) in [6.07, 6.45) is 9.43. The minimum atomic E-state index is 0.241. The number of rotatable bonds is 4. The van der Waals surface area contributed by atoms with Crippen LogP contribution in [-0.2, 0) is 0 Å². The highest BCUT2D eigenvalue weighted by Crippen LogP contribution is 2.35. The Morgan fingerprint density at radius 3 is 2.26 bits per heavy atom. The Balaban J connectivity index is 2.10. The van der Waals surface area contributed by atoms with E-state index < -0.39 is 0 Å². The van der Waals surface area contributed by atoms with Crippen molar-refractivity contribution in [2.24, 2.45) is 5.92 Å². The SMILES string of the molecule is CC=C(c1ccc(OC(C)C)cc1)C1CCCCC1. The molecule has 19 heavy (non-hydrogen) atoms. The zero-order valence-electron chi connectivity index (χ0n) is 12.5. The molecule has 0 saturated heterocycles. The van der Waals surface area contributed by atoms with Crippen LogP contribution in [0.1, 0.15) is 58.4 Å². The van der Waals surface area contributed by atoms with E-state index in [2.05, 4.69) is 51.1 Å². The van der Waals surface area contributed by atoms with Crippen LogP contribution in [0.25, 0.3) is 5.57 Å². The molecular weight excluding hydrogens is 232 g/mol. The van der Waals surface area contributed by atoms with Gasteiger partial charge in [0, 0.05) is 0 Å². The monoisotopic (exact) mass is 258 g/mol. The Kier molecular flexibility index (Phi) is 5.07. The van der Waals surface area contributed by atoms with Crippen molar-refractivity contribution < 1.29 is 4.74 Å². The summed E-state index contributed by atoms with van der Waals surface area (Å²) in [4.78, 5) is 0. The van der Waals surface area contributed by atoms with Gasteiger partial charge in [0.05, 0.1) is 6.10 Å². The molecule has 0 radical (unpaired) electrons. The van der Waals surface area contributed by atoms with Crippen LogP contribution in [0.2, 0.25) is 0 Å². The first-order valence-corrected chi connectivity index (χ1v) is 7.64. The van der Waals surface area contributed by atoms with Crippen molar-refractivity contribution in [3.8, 4) is 5.75 Å². The van der Waals surface area contributed by atoms with Gasteiger partial charge in [0.25, 0.3) is 0 Å².